The maximum atomic E-state index is 13.6. The second kappa shape index (κ2) is 11.6. The Kier molecular flexibility index (Phi) is 8.07. The highest BCUT2D eigenvalue weighted by molar-refractivity contribution is 5.80. The number of nitrogens with zero attached hydrogens (tertiary/aromatic N) is 2. The van der Waals surface area contributed by atoms with Gasteiger partial charge in [0.2, 0.25) is 12.7 Å². The molecule has 3 aliphatic rings. The van der Waals surface area contributed by atoms with Gasteiger partial charge in [0.05, 0.1) is 26.2 Å². The summed E-state index contributed by atoms with van der Waals surface area (Å²) in [7, 11) is 3.56. The first kappa shape index (κ1) is 26.4. The van der Waals surface area contributed by atoms with Gasteiger partial charge in [0.25, 0.3) is 0 Å². The lowest BCUT2D eigenvalue weighted by Gasteiger charge is -2.34. The summed E-state index contributed by atoms with van der Waals surface area (Å²) in [6.45, 7) is 3.09. The van der Waals surface area contributed by atoms with Gasteiger partial charge in [-0.2, -0.15) is 0 Å². The average Bonchev–Trinajstić information content (AvgIpc) is 3.57. The molecule has 1 aliphatic carbocycles. The standard InChI is InChI=1S/C30H38N2O6/c1-4-36-30(34)28-24(21-12-15-25-26(16-21)38-19-37-25)17-32(29(28)20-10-13-23(35-3)14-11-20)18-27(33)31(2)22-8-6-5-7-9-22/h10-16,22,24,28-29H,4-9,17-19H2,1-3H3/t24-,28-,29+/m1/s1. The van der Waals surface area contributed by atoms with Crippen molar-refractivity contribution in [3.63, 3.8) is 0 Å². The van der Waals surface area contributed by atoms with E-state index < -0.39 is 5.92 Å². The first-order valence-corrected chi connectivity index (χ1v) is 13.7. The largest absolute Gasteiger partial charge is 0.497 e. The number of rotatable bonds is 8. The fraction of sp³-hybridized carbons (Fsp3) is 0.533. The minimum Gasteiger partial charge on any atom is -0.497 e. The second-order valence-electron chi connectivity index (χ2n) is 10.4. The van der Waals surface area contributed by atoms with Gasteiger partial charge >= 0.3 is 5.97 Å². The number of methoxy groups -OCH3 is 1. The third-order valence-corrected chi connectivity index (χ3v) is 8.29. The molecule has 2 fully saturated rings. The van der Waals surface area contributed by atoms with Gasteiger partial charge in [0.1, 0.15) is 5.75 Å². The molecule has 0 unspecified atom stereocenters. The number of ether oxygens (including phenoxy) is 4. The van der Waals surface area contributed by atoms with E-state index in [4.69, 9.17) is 18.9 Å². The lowest BCUT2D eigenvalue weighted by Crippen LogP contribution is -2.44. The van der Waals surface area contributed by atoms with E-state index in [1.54, 1.807) is 7.11 Å². The van der Waals surface area contributed by atoms with E-state index >= 15 is 0 Å². The highest BCUT2D eigenvalue weighted by atomic mass is 16.7. The van der Waals surface area contributed by atoms with Gasteiger partial charge in [0.15, 0.2) is 11.5 Å². The number of likely N-dealkylation sites (tertiary alicyclic amines) is 1. The van der Waals surface area contributed by atoms with Crippen LogP contribution in [0.25, 0.3) is 0 Å². The van der Waals surface area contributed by atoms with Crippen molar-refractivity contribution in [3.05, 3.63) is 53.6 Å². The molecule has 1 saturated carbocycles. The summed E-state index contributed by atoms with van der Waals surface area (Å²) in [5.74, 6) is 1.28. The van der Waals surface area contributed by atoms with Gasteiger partial charge in [-0.1, -0.05) is 37.5 Å². The van der Waals surface area contributed by atoms with Crippen LogP contribution in [0.5, 0.6) is 17.2 Å². The monoisotopic (exact) mass is 522 g/mol. The molecule has 2 heterocycles. The summed E-state index contributed by atoms with van der Waals surface area (Å²) >= 11 is 0. The minimum atomic E-state index is -0.489. The second-order valence-corrected chi connectivity index (χ2v) is 10.4. The van der Waals surface area contributed by atoms with Crippen molar-refractivity contribution in [3.8, 4) is 17.2 Å². The SMILES string of the molecule is CCOC(=O)[C@@H]1[C@@H](c2ccc3c(c2)OCO3)CN(CC(=O)N(C)C2CCCCC2)[C@H]1c1ccc(OC)cc1. The highest BCUT2D eigenvalue weighted by Crippen LogP contribution is 2.48. The van der Waals surface area contributed by atoms with Gasteiger partial charge in [-0.3, -0.25) is 14.5 Å². The predicted octanol–water partition coefficient (Wildman–Crippen LogP) is 4.53. The van der Waals surface area contributed by atoms with E-state index in [9.17, 15) is 9.59 Å². The molecule has 0 bridgehead atoms. The molecule has 0 spiro atoms. The van der Waals surface area contributed by atoms with Crippen LogP contribution in [0, 0.1) is 5.92 Å². The number of benzene rings is 2. The molecule has 2 aliphatic heterocycles. The Morgan fingerprint density at radius 1 is 1.00 bits per heavy atom. The van der Waals surface area contributed by atoms with Crippen molar-refractivity contribution in [2.75, 3.05) is 40.6 Å². The molecule has 38 heavy (non-hydrogen) atoms. The molecule has 8 heteroatoms. The van der Waals surface area contributed by atoms with Crippen LogP contribution in [0.2, 0.25) is 0 Å². The molecule has 204 valence electrons. The predicted molar refractivity (Wildman–Crippen MR) is 142 cm³/mol. The van der Waals surface area contributed by atoms with Crippen LogP contribution in [-0.2, 0) is 14.3 Å². The van der Waals surface area contributed by atoms with Gasteiger partial charge in [0, 0.05) is 31.6 Å². The molecule has 0 aromatic heterocycles. The first-order chi connectivity index (χ1) is 18.5. The van der Waals surface area contributed by atoms with E-state index in [0.29, 0.717) is 24.7 Å². The van der Waals surface area contributed by atoms with Gasteiger partial charge in [-0.25, -0.2) is 0 Å². The summed E-state index contributed by atoms with van der Waals surface area (Å²) in [6.07, 6.45) is 5.67. The maximum absolute atomic E-state index is 13.6. The molecular formula is C30H38N2O6. The quantitative estimate of drug-likeness (QED) is 0.471. The van der Waals surface area contributed by atoms with E-state index in [1.807, 2.05) is 61.3 Å². The number of esters is 1. The van der Waals surface area contributed by atoms with Crippen molar-refractivity contribution in [2.24, 2.45) is 5.92 Å². The highest BCUT2D eigenvalue weighted by Gasteiger charge is 2.49. The van der Waals surface area contributed by atoms with E-state index in [1.165, 1.54) is 6.42 Å². The van der Waals surface area contributed by atoms with Crippen molar-refractivity contribution in [2.45, 2.75) is 57.0 Å². The Balaban J connectivity index is 1.49. The molecular weight excluding hydrogens is 484 g/mol. The van der Waals surface area contributed by atoms with Crippen LogP contribution >= 0.6 is 0 Å². The summed E-state index contributed by atoms with van der Waals surface area (Å²) < 4.78 is 22.2. The third-order valence-electron chi connectivity index (χ3n) is 8.29. The zero-order chi connectivity index (χ0) is 26.6. The van der Waals surface area contributed by atoms with Crippen LogP contribution in [-0.4, -0.2) is 68.4 Å². The fourth-order valence-electron chi connectivity index (χ4n) is 6.25. The van der Waals surface area contributed by atoms with Gasteiger partial charge in [-0.05, 0) is 55.2 Å². The fourth-order valence-corrected chi connectivity index (χ4v) is 6.25. The Labute approximate surface area is 224 Å². The van der Waals surface area contributed by atoms with Crippen LogP contribution < -0.4 is 14.2 Å². The Morgan fingerprint density at radius 3 is 2.42 bits per heavy atom. The van der Waals surface area contributed by atoms with E-state index in [-0.39, 0.29) is 43.2 Å². The van der Waals surface area contributed by atoms with Crippen molar-refractivity contribution < 1.29 is 28.5 Å². The van der Waals surface area contributed by atoms with Crippen molar-refractivity contribution in [1.29, 1.82) is 0 Å². The lowest BCUT2D eigenvalue weighted by molar-refractivity contribution is -0.150. The van der Waals surface area contributed by atoms with Gasteiger partial charge in [-0.15, -0.1) is 0 Å². The Morgan fingerprint density at radius 2 is 1.71 bits per heavy atom. The van der Waals surface area contributed by atoms with E-state index in [2.05, 4.69) is 4.90 Å². The summed E-state index contributed by atoms with van der Waals surface area (Å²) in [5.41, 5.74) is 1.93. The first-order valence-electron chi connectivity index (χ1n) is 13.7. The molecule has 0 radical (unpaired) electrons. The number of fused-ring (bicyclic) bond motifs is 1. The molecule has 2 aromatic rings. The molecule has 3 atom stereocenters. The molecule has 2 aromatic carbocycles. The van der Waals surface area contributed by atoms with Crippen LogP contribution in [0.4, 0.5) is 0 Å². The average molecular weight is 523 g/mol. The minimum absolute atomic E-state index is 0.0874. The van der Waals surface area contributed by atoms with Crippen LogP contribution in [0.3, 0.4) is 0 Å². The van der Waals surface area contributed by atoms with Crippen molar-refractivity contribution in [1.82, 2.24) is 9.80 Å². The number of hydrogen-bond acceptors (Lipinski definition) is 7. The molecule has 1 saturated heterocycles. The number of carbonyl (C=O) groups excluding carboxylic acids is 2. The molecule has 8 nitrogen and oxygen atoms in total. The summed E-state index contributed by atoms with van der Waals surface area (Å²) in [4.78, 5) is 31.2. The topological polar surface area (TPSA) is 77.5 Å². The Hall–Kier alpha value is -3.26. The Bertz CT molecular complexity index is 1130. The van der Waals surface area contributed by atoms with Crippen LogP contribution in [0.1, 0.15) is 62.1 Å². The lowest BCUT2D eigenvalue weighted by atomic mass is 9.82. The molecule has 5 rings (SSSR count). The number of amides is 1. The van der Waals surface area contributed by atoms with E-state index in [0.717, 1.165) is 42.6 Å². The van der Waals surface area contributed by atoms with Crippen molar-refractivity contribution >= 4 is 11.9 Å². The zero-order valence-electron chi connectivity index (χ0n) is 22.6. The smallest absolute Gasteiger partial charge is 0.311 e. The zero-order valence-corrected chi connectivity index (χ0v) is 22.6. The number of hydrogen-bond donors (Lipinski definition) is 0. The summed E-state index contributed by atoms with van der Waals surface area (Å²) in [6, 6.07) is 13.6. The molecule has 1 amide bonds. The molecule has 0 N–H and O–H groups in total. The normalized spacial score (nSPS) is 23.3. The van der Waals surface area contributed by atoms with Gasteiger partial charge < -0.3 is 23.8 Å². The number of likely N-dealkylation sites (N-methyl/N-ethyl adjacent to an activating group) is 1. The van der Waals surface area contributed by atoms with Crippen LogP contribution in [0.15, 0.2) is 42.5 Å². The summed E-state index contributed by atoms with van der Waals surface area (Å²) in [5, 5.41) is 0. The third kappa shape index (κ3) is 5.32. The number of carbonyl (C=O) groups is 2. The maximum Gasteiger partial charge on any atom is 0.311 e.